The summed E-state index contributed by atoms with van der Waals surface area (Å²) in [5.41, 5.74) is 3.46. The number of hydrogen-bond donors (Lipinski definition) is 1. The number of anilines is 2. The zero-order chi connectivity index (χ0) is 20.4. The molecular weight excluding hydrogens is 432 g/mol. The van der Waals surface area contributed by atoms with Gasteiger partial charge in [0.25, 0.3) is 0 Å². The van der Waals surface area contributed by atoms with Crippen LogP contribution in [-0.2, 0) is 18.3 Å². The van der Waals surface area contributed by atoms with Crippen LogP contribution in [-0.4, -0.2) is 20.3 Å². The maximum Gasteiger partial charge on any atom is 0.208 e. The predicted molar refractivity (Wildman–Crippen MR) is 117 cm³/mol. The normalized spacial score (nSPS) is 10.9. The lowest BCUT2D eigenvalue weighted by molar-refractivity contribution is -0.116. The highest BCUT2D eigenvalue weighted by Crippen LogP contribution is 2.28. The number of Topliss-reactive ketones (excluding diaryl/α,β-unsaturated/α-hetero) is 1. The van der Waals surface area contributed by atoms with Gasteiger partial charge >= 0.3 is 0 Å². The van der Waals surface area contributed by atoms with Gasteiger partial charge in [0.2, 0.25) is 5.95 Å². The Morgan fingerprint density at radius 2 is 1.86 bits per heavy atom. The highest BCUT2D eigenvalue weighted by Gasteiger charge is 2.10. The summed E-state index contributed by atoms with van der Waals surface area (Å²) in [6.07, 6.45) is 1.94. The number of rotatable bonds is 6. The number of pyridine rings is 1. The molecule has 0 aliphatic carbocycles. The Balaban J connectivity index is 1.58. The molecule has 0 bridgehead atoms. The minimum atomic E-state index is 0.0651. The summed E-state index contributed by atoms with van der Waals surface area (Å²) >= 11 is 3.44. The maximum absolute atomic E-state index is 11.3. The van der Waals surface area contributed by atoms with Crippen LogP contribution in [0.1, 0.15) is 12.6 Å². The zero-order valence-electron chi connectivity index (χ0n) is 16.0. The van der Waals surface area contributed by atoms with Gasteiger partial charge in [0.05, 0.1) is 16.7 Å². The Morgan fingerprint density at radius 1 is 1.10 bits per heavy atom. The van der Waals surface area contributed by atoms with Crippen LogP contribution in [0.15, 0.2) is 65.3 Å². The molecule has 0 aliphatic heterocycles. The summed E-state index contributed by atoms with van der Waals surface area (Å²) < 4.78 is 8.99. The van der Waals surface area contributed by atoms with Gasteiger partial charge in [-0.25, -0.2) is 4.98 Å². The van der Waals surface area contributed by atoms with Crippen LogP contribution in [0.4, 0.5) is 11.6 Å². The van der Waals surface area contributed by atoms with Crippen molar-refractivity contribution in [1.29, 1.82) is 0 Å². The molecule has 4 rings (SSSR count). The highest BCUT2D eigenvalue weighted by molar-refractivity contribution is 9.10. The van der Waals surface area contributed by atoms with Gasteiger partial charge in [0, 0.05) is 42.0 Å². The number of nitrogens with zero attached hydrogens (tertiary/aromatic N) is 3. The molecule has 1 N–H and O–H groups in total. The van der Waals surface area contributed by atoms with Gasteiger partial charge < -0.3 is 14.6 Å². The van der Waals surface area contributed by atoms with Gasteiger partial charge in [-0.2, -0.15) is 0 Å². The first-order valence-corrected chi connectivity index (χ1v) is 9.88. The van der Waals surface area contributed by atoms with E-state index in [2.05, 4.69) is 26.2 Å². The number of nitrogens with one attached hydrogen (secondary N) is 1. The van der Waals surface area contributed by atoms with Gasteiger partial charge in [0.15, 0.2) is 0 Å². The standard InChI is InChI=1S/C22H19BrN4O2/c1-14(28)11-17-12-19(9-10-24-17)29-18-7-8-21-20(13-18)26-22(27(21)2)25-16-5-3-15(23)4-6-16/h3-10,12-13H,11H2,1-2H3,(H,25,26). The van der Waals surface area contributed by atoms with Crippen LogP contribution in [0.3, 0.4) is 0 Å². The van der Waals surface area contributed by atoms with E-state index >= 15 is 0 Å². The average molecular weight is 451 g/mol. The predicted octanol–water partition coefficient (Wildman–Crippen LogP) is 5.40. The van der Waals surface area contributed by atoms with Crippen molar-refractivity contribution < 1.29 is 9.53 Å². The molecule has 4 aromatic rings. The molecule has 146 valence electrons. The van der Waals surface area contributed by atoms with Gasteiger partial charge in [0.1, 0.15) is 17.3 Å². The van der Waals surface area contributed by atoms with Crippen LogP contribution in [0.2, 0.25) is 0 Å². The molecule has 0 unspecified atom stereocenters. The van der Waals surface area contributed by atoms with Crippen molar-refractivity contribution in [3.8, 4) is 11.5 Å². The molecular formula is C22H19BrN4O2. The summed E-state index contributed by atoms with van der Waals surface area (Å²) in [6, 6.07) is 17.3. The number of aromatic nitrogens is 3. The number of imidazole rings is 1. The van der Waals surface area contributed by atoms with Crippen molar-refractivity contribution in [2.75, 3.05) is 5.32 Å². The smallest absolute Gasteiger partial charge is 0.208 e. The van der Waals surface area contributed by atoms with Crippen LogP contribution in [0.5, 0.6) is 11.5 Å². The number of benzene rings is 2. The lowest BCUT2D eigenvalue weighted by Crippen LogP contribution is -1.99. The SMILES string of the molecule is CC(=O)Cc1cc(Oc2ccc3c(c2)nc(Nc2ccc(Br)cc2)n3C)ccn1. The van der Waals surface area contributed by atoms with Gasteiger partial charge in [-0.1, -0.05) is 15.9 Å². The summed E-state index contributed by atoms with van der Waals surface area (Å²) in [6.45, 7) is 1.55. The molecule has 0 radical (unpaired) electrons. The first-order valence-electron chi connectivity index (χ1n) is 9.09. The molecule has 0 fully saturated rings. The third-order valence-corrected chi connectivity index (χ3v) is 4.94. The average Bonchev–Trinajstić information content (AvgIpc) is 2.98. The summed E-state index contributed by atoms with van der Waals surface area (Å²) in [5, 5.41) is 3.33. The second kappa shape index (κ2) is 8.05. The largest absolute Gasteiger partial charge is 0.457 e. The first kappa shape index (κ1) is 19.1. The minimum absolute atomic E-state index is 0.0651. The number of ketones is 1. The van der Waals surface area contributed by atoms with E-state index in [0.717, 1.165) is 27.1 Å². The summed E-state index contributed by atoms with van der Waals surface area (Å²) in [5.74, 6) is 2.12. The van der Waals surface area contributed by atoms with E-state index < -0.39 is 0 Å². The van der Waals surface area contributed by atoms with Gasteiger partial charge in [-0.15, -0.1) is 0 Å². The quantitative estimate of drug-likeness (QED) is 0.425. The third-order valence-electron chi connectivity index (χ3n) is 4.41. The van der Waals surface area contributed by atoms with E-state index in [1.807, 2.05) is 54.1 Å². The first-order chi connectivity index (χ1) is 14.0. The van der Waals surface area contributed by atoms with E-state index in [4.69, 9.17) is 9.72 Å². The molecule has 0 atom stereocenters. The van der Waals surface area contributed by atoms with E-state index in [9.17, 15) is 4.79 Å². The van der Waals surface area contributed by atoms with Crippen molar-refractivity contribution in [2.24, 2.45) is 7.05 Å². The Bertz CT molecular complexity index is 1190. The van der Waals surface area contributed by atoms with E-state index in [1.165, 1.54) is 0 Å². The van der Waals surface area contributed by atoms with E-state index in [-0.39, 0.29) is 5.78 Å². The number of hydrogen-bond acceptors (Lipinski definition) is 5. The van der Waals surface area contributed by atoms with Crippen LogP contribution < -0.4 is 10.1 Å². The second-order valence-corrected chi connectivity index (χ2v) is 7.66. The monoisotopic (exact) mass is 450 g/mol. The highest BCUT2D eigenvalue weighted by atomic mass is 79.9. The fraction of sp³-hybridized carbons (Fsp3) is 0.136. The Hall–Kier alpha value is -3.19. The fourth-order valence-corrected chi connectivity index (χ4v) is 3.29. The third kappa shape index (κ3) is 4.46. The van der Waals surface area contributed by atoms with Crippen LogP contribution in [0, 0.1) is 0 Å². The number of aryl methyl sites for hydroxylation is 1. The lowest BCUT2D eigenvalue weighted by atomic mass is 10.2. The summed E-state index contributed by atoms with van der Waals surface area (Å²) in [4.78, 5) is 20.2. The Morgan fingerprint density at radius 3 is 2.62 bits per heavy atom. The van der Waals surface area contributed by atoms with Crippen LogP contribution in [0.25, 0.3) is 11.0 Å². The van der Waals surface area contributed by atoms with E-state index in [0.29, 0.717) is 23.6 Å². The molecule has 2 aromatic carbocycles. The number of fused-ring (bicyclic) bond motifs is 1. The molecule has 0 amide bonds. The van der Waals surface area contributed by atoms with Crippen molar-refractivity contribution in [3.63, 3.8) is 0 Å². The molecule has 6 nitrogen and oxygen atoms in total. The summed E-state index contributed by atoms with van der Waals surface area (Å²) in [7, 11) is 1.97. The fourth-order valence-electron chi connectivity index (χ4n) is 3.02. The Labute approximate surface area is 176 Å². The van der Waals surface area contributed by atoms with Crippen molar-refractivity contribution in [1.82, 2.24) is 14.5 Å². The second-order valence-electron chi connectivity index (χ2n) is 6.74. The van der Waals surface area contributed by atoms with Crippen molar-refractivity contribution >= 4 is 44.4 Å². The van der Waals surface area contributed by atoms with Crippen LogP contribution >= 0.6 is 15.9 Å². The van der Waals surface area contributed by atoms with Gasteiger partial charge in [-0.3, -0.25) is 9.78 Å². The van der Waals surface area contributed by atoms with Gasteiger partial charge in [-0.05, 0) is 49.4 Å². The van der Waals surface area contributed by atoms with E-state index in [1.54, 1.807) is 25.3 Å². The number of halogens is 1. The molecule has 0 aliphatic rings. The molecule has 0 saturated heterocycles. The molecule has 2 aromatic heterocycles. The topological polar surface area (TPSA) is 69.0 Å². The zero-order valence-corrected chi connectivity index (χ0v) is 17.6. The molecule has 7 heteroatoms. The minimum Gasteiger partial charge on any atom is -0.457 e. The number of carbonyl (C=O) groups is 1. The van der Waals surface area contributed by atoms with Crippen molar-refractivity contribution in [2.45, 2.75) is 13.3 Å². The molecule has 2 heterocycles. The molecule has 0 spiro atoms. The maximum atomic E-state index is 11.3. The molecule has 29 heavy (non-hydrogen) atoms. The molecule has 0 saturated carbocycles. The lowest BCUT2D eigenvalue weighted by Gasteiger charge is -2.07. The Kier molecular flexibility index (Phi) is 5.31. The number of ether oxygens (including phenoxy) is 1. The van der Waals surface area contributed by atoms with Crippen molar-refractivity contribution in [3.05, 3.63) is 71.0 Å². The number of carbonyl (C=O) groups excluding carboxylic acids is 1.